The molecule has 0 aliphatic heterocycles. The Kier molecular flexibility index (Phi) is 7.95. The third kappa shape index (κ3) is 6.03. The number of aromatic nitrogens is 3. The molecule has 34 heavy (non-hydrogen) atoms. The molecule has 2 aromatic carbocycles. The number of thiophene rings is 1. The molecule has 0 saturated heterocycles. The maximum absolute atomic E-state index is 12.3. The van der Waals surface area contributed by atoms with Gasteiger partial charge in [-0.2, -0.15) is 0 Å². The molecule has 174 valence electrons. The monoisotopic (exact) mass is 493 g/mol. The van der Waals surface area contributed by atoms with Crippen molar-refractivity contribution in [3.63, 3.8) is 0 Å². The van der Waals surface area contributed by atoms with E-state index < -0.39 is 0 Å². The molecule has 0 spiro atoms. The molecular weight excluding hydrogens is 470 g/mol. The number of ether oxygens (including phenoxy) is 1. The second kappa shape index (κ2) is 11.5. The van der Waals surface area contributed by atoms with Gasteiger partial charge in [-0.25, -0.2) is 0 Å². The number of hydrazine groups is 1. The molecule has 4 rings (SSSR count). The average molecular weight is 494 g/mol. The number of carbonyl (C=O) groups is 2. The van der Waals surface area contributed by atoms with Crippen molar-refractivity contribution in [2.75, 3.05) is 12.9 Å². The molecule has 2 amide bonds. The van der Waals surface area contributed by atoms with Gasteiger partial charge in [-0.1, -0.05) is 48.2 Å². The molecule has 0 atom stereocenters. The zero-order valence-corrected chi connectivity index (χ0v) is 20.1. The van der Waals surface area contributed by atoms with E-state index in [1.807, 2.05) is 47.0 Å². The summed E-state index contributed by atoms with van der Waals surface area (Å²) in [7, 11) is 1.63. The average Bonchev–Trinajstić information content (AvgIpc) is 3.56. The Morgan fingerprint density at radius 1 is 1.00 bits per heavy atom. The van der Waals surface area contributed by atoms with Crippen LogP contribution in [0.4, 0.5) is 0 Å². The molecule has 0 fully saturated rings. The van der Waals surface area contributed by atoms with Crippen molar-refractivity contribution in [3.8, 4) is 17.1 Å². The summed E-state index contributed by atoms with van der Waals surface area (Å²) in [6.07, 6.45) is 0.790. The molecule has 0 unspecified atom stereocenters. The molecular formula is C24H23N5O3S2. The van der Waals surface area contributed by atoms with E-state index in [2.05, 4.69) is 33.2 Å². The van der Waals surface area contributed by atoms with Crippen molar-refractivity contribution in [2.24, 2.45) is 0 Å². The van der Waals surface area contributed by atoms with E-state index in [0.29, 0.717) is 22.4 Å². The molecule has 0 aliphatic carbocycles. The Labute approximate surface area is 205 Å². The number of amides is 2. The highest BCUT2D eigenvalue weighted by Crippen LogP contribution is 2.26. The van der Waals surface area contributed by atoms with Crippen molar-refractivity contribution in [2.45, 2.75) is 18.1 Å². The summed E-state index contributed by atoms with van der Waals surface area (Å²) in [5, 5.41) is 11.2. The second-order valence-electron chi connectivity index (χ2n) is 7.19. The van der Waals surface area contributed by atoms with Gasteiger partial charge in [0.05, 0.1) is 17.7 Å². The van der Waals surface area contributed by atoms with Crippen LogP contribution in [0.15, 0.2) is 77.3 Å². The largest absolute Gasteiger partial charge is 0.497 e. The zero-order chi connectivity index (χ0) is 23.8. The number of methoxy groups -OCH3 is 1. The van der Waals surface area contributed by atoms with Crippen LogP contribution in [0, 0.1) is 0 Å². The molecule has 2 heterocycles. The van der Waals surface area contributed by atoms with Gasteiger partial charge in [-0.3, -0.25) is 20.4 Å². The van der Waals surface area contributed by atoms with Crippen LogP contribution in [0.1, 0.15) is 15.2 Å². The standard InChI is InChI=1S/C24H23N5O3S2/c1-32-19-11-9-18(10-12-19)22-26-28-24(29(22)14-13-17-6-3-2-4-7-17)34-16-21(30)25-27-23(31)20-8-5-15-33-20/h2-12,15H,13-14,16H2,1H3,(H,25,30)(H,27,31). The Hall–Kier alpha value is -3.63. The summed E-state index contributed by atoms with van der Waals surface area (Å²) < 4.78 is 7.26. The van der Waals surface area contributed by atoms with Crippen molar-refractivity contribution in [1.82, 2.24) is 25.6 Å². The van der Waals surface area contributed by atoms with E-state index in [-0.39, 0.29) is 17.6 Å². The van der Waals surface area contributed by atoms with E-state index in [1.165, 1.54) is 28.7 Å². The number of nitrogens with one attached hydrogen (secondary N) is 2. The number of thioether (sulfide) groups is 1. The first-order chi connectivity index (χ1) is 16.6. The molecule has 2 N–H and O–H groups in total. The molecule has 0 saturated carbocycles. The Balaban J connectivity index is 1.45. The maximum atomic E-state index is 12.3. The van der Waals surface area contributed by atoms with Crippen molar-refractivity contribution in [1.29, 1.82) is 0 Å². The minimum atomic E-state index is -0.346. The van der Waals surface area contributed by atoms with Crippen LogP contribution in [0.3, 0.4) is 0 Å². The summed E-state index contributed by atoms with van der Waals surface area (Å²) in [6.45, 7) is 0.650. The zero-order valence-electron chi connectivity index (χ0n) is 18.4. The van der Waals surface area contributed by atoms with Crippen molar-refractivity contribution < 1.29 is 14.3 Å². The lowest BCUT2D eigenvalue weighted by Crippen LogP contribution is -2.42. The van der Waals surface area contributed by atoms with Gasteiger partial charge in [0, 0.05) is 12.1 Å². The number of rotatable bonds is 9. The topological polar surface area (TPSA) is 98.1 Å². The Morgan fingerprint density at radius 3 is 2.50 bits per heavy atom. The van der Waals surface area contributed by atoms with Gasteiger partial charge in [0.25, 0.3) is 5.91 Å². The minimum Gasteiger partial charge on any atom is -0.497 e. The van der Waals surface area contributed by atoms with Crippen LogP contribution >= 0.6 is 23.1 Å². The highest BCUT2D eigenvalue weighted by molar-refractivity contribution is 7.99. The minimum absolute atomic E-state index is 0.0802. The number of carbonyl (C=O) groups excluding carboxylic acids is 2. The SMILES string of the molecule is COc1ccc(-c2nnc(SCC(=O)NNC(=O)c3cccs3)n2CCc2ccccc2)cc1. The van der Waals surface area contributed by atoms with Gasteiger partial charge in [-0.15, -0.1) is 21.5 Å². The van der Waals surface area contributed by atoms with Gasteiger partial charge in [0.15, 0.2) is 11.0 Å². The molecule has 4 aromatic rings. The predicted octanol–water partition coefficient (Wildman–Crippen LogP) is 3.81. The van der Waals surface area contributed by atoms with Crippen molar-refractivity contribution >= 4 is 34.9 Å². The normalized spacial score (nSPS) is 10.6. The number of hydrogen-bond donors (Lipinski definition) is 2. The fourth-order valence-corrected chi connectivity index (χ4v) is 4.58. The van der Waals surface area contributed by atoms with E-state index in [4.69, 9.17) is 4.74 Å². The Morgan fingerprint density at radius 2 is 1.79 bits per heavy atom. The van der Waals surface area contributed by atoms with Crippen LogP contribution in [0.5, 0.6) is 5.75 Å². The van der Waals surface area contributed by atoms with E-state index in [1.54, 1.807) is 24.6 Å². The molecule has 8 nitrogen and oxygen atoms in total. The van der Waals surface area contributed by atoms with Gasteiger partial charge >= 0.3 is 0 Å². The first-order valence-electron chi connectivity index (χ1n) is 10.5. The van der Waals surface area contributed by atoms with Crippen LogP contribution in [-0.2, 0) is 17.8 Å². The Bertz CT molecular complexity index is 1230. The number of nitrogens with zero attached hydrogens (tertiary/aromatic N) is 3. The molecule has 0 bridgehead atoms. The maximum Gasteiger partial charge on any atom is 0.279 e. The van der Waals surface area contributed by atoms with Crippen LogP contribution in [0.2, 0.25) is 0 Å². The lowest BCUT2D eigenvalue weighted by atomic mass is 10.1. The second-order valence-corrected chi connectivity index (χ2v) is 9.08. The predicted molar refractivity (Wildman–Crippen MR) is 133 cm³/mol. The highest BCUT2D eigenvalue weighted by Gasteiger charge is 2.16. The van der Waals surface area contributed by atoms with E-state index >= 15 is 0 Å². The van der Waals surface area contributed by atoms with Crippen LogP contribution in [0.25, 0.3) is 11.4 Å². The summed E-state index contributed by atoms with van der Waals surface area (Å²) in [4.78, 5) is 24.8. The number of benzene rings is 2. The lowest BCUT2D eigenvalue weighted by molar-refractivity contribution is -0.119. The first-order valence-corrected chi connectivity index (χ1v) is 12.4. The van der Waals surface area contributed by atoms with Gasteiger partial charge < -0.3 is 9.30 Å². The highest BCUT2D eigenvalue weighted by atomic mass is 32.2. The first kappa shape index (κ1) is 23.5. The third-order valence-electron chi connectivity index (χ3n) is 4.92. The summed E-state index contributed by atoms with van der Waals surface area (Å²) in [5.41, 5.74) is 6.97. The lowest BCUT2D eigenvalue weighted by Gasteiger charge is -2.11. The van der Waals surface area contributed by atoms with E-state index in [9.17, 15) is 9.59 Å². The quantitative estimate of drug-likeness (QED) is 0.272. The number of hydrogen-bond acceptors (Lipinski definition) is 7. The fraction of sp³-hybridized carbons (Fsp3) is 0.167. The van der Waals surface area contributed by atoms with Gasteiger partial charge in [-0.05, 0) is 47.7 Å². The number of aryl methyl sites for hydroxylation is 1. The summed E-state index contributed by atoms with van der Waals surface area (Å²) in [6, 6.07) is 21.3. The fourth-order valence-electron chi connectivity index (χ4n) is 3.20. The molecule has 2 aromatic heterocycles. The molecule has 0 radical (unpaired) electrons. The summed E-state index contributed by atoms with van der Waals surface area (Å²) in [5.74, 6) is 0.874. The van der Waals surface area contributed by atoms with Crippen LogP contribution in [-0.4, -0.2) is 39.4 Å². The van der Waals surface area contributed by atoms with E-state index in [0.717, 1.165) is 17.7 Å². The van der Waals surface area contributed by atoms with Gasteiger partial charge in [0.1, 0.15) is 5.75 Å². The smallest absolute Gasteiger partial charge is 0.279 e. The third-order valence-corrected chi connectivity index (χ3v) is 6.76. The molecule has 10 heteroatoms. The molecule has 0 aliphatic rings. The van der Waals surface area contributed by atoms with Crippen molar-refractivity contribution in [3.05, 3.63) is 82.6 Å². The van der Waals surface area contributed by atoms with Crippen LogP contribution < -0.4 is 15.6 Å². The summed E-state index contributed by atoms with van der Waals surface area (Å²) >= 11 is 2.57. The van der Waals surface area contributed by atoms with Gasteiger partial charge in [0.2, 0.25) is 5.91 Å².